The number of carboxylic acids is 1. The van der Waals surface area contributed by atoms with Crippen molar-refractivity contribution in [2.24, 2.45) is 5.92 Å². The monoisotopic (exact) mass is 233 g/mol. The molecule has 2 atom stereocenters. The van der Waals surface area contributed by atoms with E-state index in [1.807, 2.05) is 30.3 Å². The Morgan fingerprint density at radius 3 is 2.76 bits per heavy atom. The fourth-order valence-corrected chi connectivity index (χ4v) is 2.67. The van der Waals surface area contributed by atoms with E-state index in [1.54, 1.807) is 0 Å². The molecule has 3 nitrogen and oxygen atoms in total. The predicted molar refractivity (Wildman–Crippen MR) is 67.0 cm³/mol. The Kier molecular flexibility index (Phi) is 4.15. The van der Waals surface area contributed by atoms with Gasteiger partial charge in [0, 0.05) is 0 Å². The largest absolute Gasteiger partial charge is 0.481 e. The zero-order chi connectivity index (χ0) is 12.1. The van der Waals surface area contributed by atoms with Crippen molar-refractivity contribution in [1.82, 2.24) is 5.32 Å². The summed E-state index contributed by atoms with van der Waals surface area (Å²) in [6, 6.07) is 10.0. The Morgan fingerprint density at radius 2 is 2.18 bits per heavy atom. The van der Waals surface area contributed by atoms with Gasteiger partial charge in [-0.25, -0.2) is 0 Å². The fourth-order valence-electron chi connectivity index (χ4n) is 2.67. The van der Waals surface area contributed by atoms with Crippen LogP contribution in [0.4, 0.5) is 0 Å². The number of carboxylic acid groups (broad SMARTS) is 1. The Bertz CT molecular complexity index is 358. The Balaban J connectivity index is 2.15. The van der Waals surface area contributed by atoms with Gasteiger partial charge in [0.05, 0.1) is 6.42 Å². The molecule has 1 fully saturated rings. The summed E-state index contributed by atoms with van der Waals surface area (Å²) >= 11 is 0. The van der Waals surface area contributed by atoms with Gasteiger partial charge in [0.15, 0.2) is 0 Å². The minimum Gasteiger partial charge on any atom is -0.481 e. The molecule has 92 valence electrons. The first-order valence-corrected chi connectivity index (χ1v) is 6.25. The van der Waals surface area contributed by atoms with Crippen molar-refractivity contribution < 1.29 is 9.90 Å². The molecular weight excluding hydrogens is 214 g/mol. The molecule has 0 saturated carbocycles. The van der Waals surface area contributed by atoms with Gasteiger partial charge in [-0.2, -0.15) is 0 Å². The number of rotatable bonds is 4. The molecule has 2 N–H and O–H groups in total. The zero-order valence-corrected chi connectivity index (χ0v) is 9.93. The van der Waals surface area contributed by atoms with Gasteiger partial charge >= 0.3 is 5.97 Å². The van der Waals surface area contributed by atoms with Crippen LogP contribution >= 0.6 is 0 Å². The Morgan fingerprint density at radius 1 is 1.41 bits per heavy atom. The number of carbonyl (C=O) groups is 1. The number of piperidine rings is 1. The highest BCUT2D eigenvalue weighted by Crippen LogP contribution is 2.32. The lowest BCUT2D eigenvalue weighted by Crippen LogP contribution is -2.34. The molecule has 17 heavy (non-hydrogen) atoms. The highest BCUT2D eigenvalue weighted by atomic mass is 16.4. The quantitative estimate of drug-likeness (QED) is 0.838. The Labute approximate surface area is 102 Å². The van der Waals surface area contributed by atoms with Crippen molar-refractivity contribution in [3.05, 3.63) is 35.9 Å². The molecule has 0 spiro atoms. The molecule has 2 rings (SSSR count). The molecule has 1 aromatic carbocycles. The molecule has 0 bridgehead atoms. The van der Waals surface area contributed by atoms with Crippen LogP contribution in [0.1, 0.15) is 30.7 Å². The fraction of sp³-hybridized carbons (Fsp3) is 0.500. The summed E-state index contributed by atoms with van der Waals surface area (Å²) in [5.74, 6) is -0.117. The van der Waals surface area contributed by atoms with Crippen molar-refractivity contribution in [2.75, 3.05) is 13.1 Å². The van der Waals surface area contributed by atoms with Gasteiger partial charge in [-0.3, -0.25) is 4.79 Å². The van der Waals surface area contributed by atoms with E-state index in [1.165, 1.54) is 0 Å². The minimum absolute atomic E-state index is 0.140. The summed E-state index contributed by atoms with van der Waals surface area (Å²) in [7, 11) is 0. The molecular formula is C14H19NO2. The highest BCUT2D eigenvalue weighted by Gasteiger charge is 2.26. The predicted octanol–water partition coefficient (Wildman–Crippen LogP) is 2.24. The summed E-state index contributed by atoms with van der Waals surface area (Å²) in [6.45, 7) is 2.00. The third-order valence-corrected chi connectivity index (χ3v) is 3.53. The molecule has 0 aliphatic carbocycles. The van der Waals surface area contributed by atoms with Gasteiger partial charge in [0.25, 0.3) is 0 Å². The van der Waals surface area contributed by atoms with Gasteiger partial charge in [-0.1, -0.05) is 30.3 Å². The summed E-state index contributed by atoms with van der Waals surface area (Å²) < 4.78 is 0. The number of hydrogen-bond donors (Lipinski definition) is 2. The summed E-state index contributed by atoms with van der Waals surface area (Å²) in [6.07, 6.45) is 2.50. The smallest absolute Gasteiger partial charge is 0.303 e. The normalized spacial score (nSPS) is 22.0. The third-order valence-electron chi connectivity index (χ3n) is 3.53. The lowest BCUT2D eigenvalue weighted by molar-refractivity contribution is -0.137. The SMILES string of the molecule is O=C(O)C[C@H](c1ccccc1)[C@H]1CCCNC1. The van der Waals surface area contributed by atoms with Crippen LogP contribution in [0.5, 0.6) is 0 Å². The maximum absolute atomic E-state index is 11.0. The number of nitrogens with one attached hydrogen (secondary N) is 1. The first-order valence-electron chi connectivity index (χ1n) is 6.25. The second kappa shape index (κ2) is 5.82. The molecule has 1 heterocycles. The van der Waals surface area contributed by atoms with E-state index in [-0.39, 0.29) is 12.3 Å². The first kappa shape index (κ1) is 12.1. The molecule has 0 radical (unpaired) electrons. The number of hydrogen-bond acceptors (Lipinski definition) is 2. The Hall–Kier alpha value is -1.35. The van der Waals surface area contributed by atoms with Gasteiger partial charge in [0.1, 0.15) is 0 Å². The van der Waals surface area contributed by atoms with Crippen molar-refractivity contribution in [1.29, 1.82) is 0 Å². The second-order valence-corrected chi connectivity index (χ2v) is 4.72. The maximum Gasteiger partial charge on any atom is 0.303 e. The van der Waals surface area contributed by atoms with Crippen molar-refractivity contribution in [3.63, 3.8) is 0 Å². The first-order chi connectivity index (χ1) is 8.27. The van der Waals surface area contributed by atoms with Gasteiger partial charge in [-0.05, 0) is 43.3 Å². The number of aliphatic carboxylic acids is 1. The van der Waals surface area contributed by atoms with Crippen LogP contribution in [0, 0.1) is 5.92 Å². The lowest BCUT2D eigenvalue weighted by Gasteiger charge is -2.30. The maximum atomic E-state index is 11.0. The van der Waals surface area contributed by atoms with Crippen LogP contribution in [0.15, 0.2) is 30.3 Å². The van der Waals surface area contributed by atoms with Gasteiger partial charge in [0.2, 0.25) is 0 Å². The van der Waals surface area contributed by atoms with Crippen LogP contribution in [0.3, 0.4) is 0 Å². The second-order valence-electron chi connectivity index (χ2n) is 4.72. The summed E-state index contributed by atoms with van der Waals surface area (Å²) in [4.78, 5) is 11.0. The topological polar surface area (TPSA) is 49.3 Å². The molecule has 3 heteroatoms. The van der Waals surface area contributed by atoms with Gasteiger partial charge < -0.3 is 10.4 Å². The van der Waals surface area contributed by atoms with E-state index in [0.29, 0.717) is 5.92 Å². The molecule has 0 aromatic heterocycles. The van der Waals surface area contributed by atoms with Crippen LogP contribution in [0.2, 0.25) is 0 Å². The minimum atomic E-state index is -0.704. The van der Waals surface area contributed by atoms with Gasteiger partial charge in [-0.15, -0.1) is 0 Å². The highest BCUT2D eigenvalue weighted by molar-refractivity contribution is 5.68. The molecule has 0 unspecified atom stereocenters. The molecule has 1 aromatic rings. The molecule has 1 aliphatic heterocycles. The van der Waals surface area contributed by atoms with E-state index in [9.17, 15) is 4.79 Å². The summed E-state index contributed by atoms with van der Waals surface area (Å²) in [5, 5.41) is 12.4. The summed E-state index contributed by atoms with van der Waals surface area (Å²) in [5.41, 5.74) is 1.16. The van der Waals surface area contributed by atoms with Crippen LogP contribution in [0.25, 0.3) is 0 Å². The average molecular weight is 233 g/mol. The molecule has 1 aliphatic rings. The van der Waals surface area contributed by atoms with Crippen LogP contribution in [-0.4, -0.2) is 24.2 Å². The molecule has 0 amide bonds. The van der Waals surface area contributed by atoms with Crippen molar-refractivity contribution in [2.45, 2.75) is 25.2 Å². The lowest BCUT2D eigenvalue weighted by atomic mass is 9.79. The van der Waals surface area contributed by atoms with E-state index >= 15 is 0 Å². The average Bonchev–Trinajstić information content (AvgIpc) is 2.38. The van der Waals surface area contributed by atoms with Crippen molar-refractivity contribution >= 4 is 5.97 Å². The number of benzene rings is 1. The molecule has 1 saturated heterocycles. The van der Waals surface area contributed by atoms with Crippen molar-refractivity contribution in [3.8, 4) is 0 Å². The van der Waals surface area contributed by atoms with E-state index in [4.69, 9.17) is 5.11 Å². The standard InChI is InChI=1S/C14H19NO2/c16-14(17)9-13(11-5-2-1-3-6-11)12-7-4-8-15-10-12/h1-3,5-6,12-13,15H,4,7-10H2,(H,16,17)/t12-,13+/m0/s1. The zero-order valence-electron chi connectivity index (χ0n) is 9.93. The van der Waals surface area contributed by atoms with Crippen LogP contribution in [-0.2, 0) is 4.79 Å². The third kappa shape index (κ3) is 3.30. The van der Waals surface area contributed by atoms with E-state index in [2.05, 4.69) is 5.32 Å². The van der Waals surface area contributed by atoms with E-state index < -0.39 is 5.97 Å². The van der Waals surface area contributed by atoms with E-state index in [0.717, 1.165) is 31.5 Å². The van der Waals surface area contributed by atoms with Crippen LogP contribution < -0.4 is 5.32 Å².